The normalized spacial score (nSPS) is 11.2. The number of nitrogens with zero attached hydrogens (tertiary/aromatic N) is 1. The van der Waals surface area contributed by atoms with Crippen LogP contribution in [0.1, 0.15) is 36.2 Å². The van der Waals surface area contributed by atoms with Gasteiger partial charge >= 0.3 is 0 Å². The summed E-state index contributed by atoms with van der Waals surface area (Å²) in [6.07, 6.45) is 0.417. The molecule has 0 unspecified atom stereocenters. The van der Waals surface area contributed by atoms with Gasteiger partial charge in [0, 0.05) is 11.1 Å². The second-order valence-electron chi connectivity index (χ2n) is 4.97. The van der Waals surface area contributed by atoms with Gasteiger partial charge in [-0.2, -0.15) is 5.10 Å². The van der Waals surface area contributed by atoms with Gasteiger partial charge in [0.1, 0.15) is 17.3 Å². The van der Waals surface area contributed by atoms with Gasteiger partial charge in [-0.1, -0.05) is 6.92 Å². The van der Waals surface area contributed by atoms with Crippen molar-refractivity contribution in [3.8, 4) is 11.5 Å². The standard InChI is InChI=1S/C18H19FN2O3/c1-3-16(15-11-13(19)7-10-17(15)22)20-21-18(23)12-5-8-14(9-6-12)24-4-2/h5-11,22H,3-4H2,1-2H3,(H,21,23)/b20-16+. The highest BCUT2D eigenvalue weighted by atomic mass is 19.1. The number of carbonyl (C=O) groups excluding carboxylic acids is 1. The predicted octanol–water partition coefficient (Wildman–Crippen LogP) is 3.47. The van der Waals surface area contributed by atoms with Crippen molar-refractivity contribution >= 4 is 11.6 Å². The minimum absolute atomic E-state index is 0.0904. The van der Waals surface area contributed by atoms with Crippen LogP contribution in [0.4, 0.5) is 4.39 Å². The van der Waals surface area contributed by atoms with Crippen molar-refractivity contribution in [1.82, 2.24) is 5.43 Å². The molecule has 5 nitrogen and oxygen atoms in total. The van der Waals surface area contributed by atoms with Crippen LogP contribution in [0, 0.1) is 5.82 Å². The largest absolute Gasteiger partial charge is 0.507 e. The van der Waals surface area contributed by atoms with Crippen LogP contribution < -0.4 is 10.2 Å². The quantitative estimate of drug-likeness (QED) is 0.629. The molecule has 2 rings (SSSR count). The highest BCUT2D eigenvalue weighted by Crippen LogP contribution is 2.20. The van der Waals surface area contributed by atoms with E-state index in [1.165, 1.54) is 12.1 Å². The number of hydrogen-bond acceptors (Lipinski definition) is 4. The van der Waals surface area contributed by atoms with Gasteiger partial charge in [0.25, 0.3) is 5.91 Å². The third-order valence-corrected chi connectivity index (χ3v) is 3.32. The van der Waals surface area contributed by atoms with Crippen molar-refractivity contribution in [3.05, 3.63) is 59.4 Å². The number of phenolic OH excluding ortho intramolecular Hbond substituents is 1. The molecule has 126 valence electrons. The lowest BCUT2D eigenvalue weighted by molar-refractivity contribution is 0.0954. The molecule has 0 aliphatic rings. The van der Waals surface area contributed by atoms with Crippen LogP contribution >= 0.6 is 0 Å². The molecular formula is C18H19FN2O3. The Kier molecular flexibility index (Phi) is 5.89. The second-order valence-corrected chi connectivity index (χ2v) is 4.97. The highest BCUT2D eigenvalue weighted by molar-refractivity contribution is 6.04. The number of nitrogens with one attached hydrogen (secondary N) is 1. The Morgan fingerprint density at radius 3 is 2.54 bits per heavy atom. The lowest BCUT2D eigenvalue weighted by Crippen LogP contribution is -2.20. The Hall–Kier alpha value is -2.89. The third-order valence-electron chi connectivity index (χ3n) is 3.32. The van der Waals surface area contributed by atoms with E-state index in [0.29, 0.717) is 30.1 Å². The average molecular weight is 330 g/mol. The van der Waals surface area contributed by atoms with Gasteiger partial charge in [0.2, 0.25) is 0 Å². The van der Waals surface area contributed by atoms with Crippen LogP contribution in [0.5, 0.6) is 11.5 Å². The molecule has 0 bridgehead atoms. The molecule has 0 atom stereocenters. The van der Waals surface area contributed by atoms with Crippen LogP contribution in [0.3, 0.4) is 0 Å². The van der Waals surface area contributed by atoms with Crippen molar-refractivity contribution < 1.29 is 19.0 Å². The number of aromatic hydroxyl groups is 1. The van der Waals surface area contributed by atoms with Gasteiger partial charge < -0.3 is 9.84 Å². The first-order valence-electron chi connectivity index (χ1n) is 7.63. The second kappa shape index (κ2) is 8.10. The van der Waals surface area contributed by atoms with Crippen LogP contribution in [0.25, 0.3) is 0 Å². The maximum atomic E-state index is 13.3. The van der Waals surface area contributed by atoms with Crippen molar-refractivity contribution in [1.29, 1.82) is 0 Å². The van der Waals surface area contributed by atoms with Crippen LogP contribution in [-0.2, 0) is 0 Å². The third kappa shape index (κ3) is 4.32. The van der Waals surface area contributed by atoms with Crippen LogP contribution in [0.2, 0.25) is 0 Å². The zero-order valence-corrected chi connectivity index (χ0v) is 13.5. The Bertz CT molecular complexity index is 742. The summed E-state index contributed by atoms with van der Waals surface area (Å²) in [6, 6.07) is 10.2. The maximum Gasteiger partial charge on any atom is 0.271 e. The van der Waals surface area contributed by atoms with Gasteiger partial charge in [0.15, 0.2) is 0 Å². The first kappa shape index (κ1) is 17.5. The van der Waals surface area contributed by atoms with E-state index >= 15 is 0 Å². The molecule has 0 aromatic heterocycles. The molecule has 24 heavy (non-hydrogen) atoms. The molecule has 2 N–H and O–H groups in total. The van der Waals surface area contributed by atoms with Crippen LogP contribution in [0.15, 0.2) is 47.6 Å². The van der Waals surface area contributed by atoms with E-state index in [9.17, 15) is 14.3 Å². The maximum absolute atomic E-state index is 13.3. The molecule has 0 saturated heterocycles. The summed E-state index contributed by atoms with van der Waals surface area (Å²) in [5.74, 6) is -0.300. The highest BCUT2D eigenvalue weighted by Gasteiger charge is 2.11. The topological polar surface area (TPSA) is 70.9 Å². The molecule has 1 amide bonds. The molecule has 0 fully saturated rings. The number of benzene rings is 2. The van der Waals surface area contributed by atoms with E-state index in [2.05, 4.69) is 10.5 Å². The Balaban J connectivity index is 2.14. The Morgan fingerprint density at radius 1 is 1.21 bits per heavy atom. The lowest BCUT2D eigenvalue weighted by atomic mass is 10.1. The van der Waals surface area contributed by atoms with Gasteiger partial charge in [-0.25, -0.2) is 9.82 Å². The minimum atomic E-state index is -0.484. The van der Waals surface area contributed by atoms with Gasteiger partial charge in [-0.3, -0.25) is 4.79 Å². The SMILES string of the molecule is CCOc1ccc(C(=O)N/N=C(\CC)c2cc(F)ccc2O)cc1. The summed E-state index contributed by atoms with van der Waals surface area (Å²) in [7, 11) is 0. The Labute approximate surface area is 139 Å². The first-order chi connectivity index (χ1) is 11.5. The monoisotopic (exact) mass is 330 g/mol. The summed E-state index contributed by atoms with van der Waals surface area (Å²) < 4.78 is 18.7. The number of rotatable bonds is 6. The van der Waals surface area contributed by atoms with Crippen molar-refractivity contribution in [2.24, 2.45) is 5.10 Å². The van der Waals surface area contributed by atoms with Crippen molar-refractivity contribution in [2.45, 2.75) is 20.3 Å². The molecule has 0 heterocycles. The number of carbonyl (C=O) groups is 1. The summed E-state index contributed by atoms with van der Waals surface area (Å²) in [5, 5.41) is 13.8. The van der Waals surface area contributed by atoms with Crippen LogP contribution in [-0.4, -0.2) is 23.3 Å². The van der Waals surface area contributed by atoms with Gasteiger partial charge in [0.05, 0.1) is 12.3 Å². The minimum Gasteiger partial charge on any atom is -0.507 e. The van der Waals surface area contributed by atoms with E-state index < -0.39 is 11.7 Å². The molecule has 2 aromatic carbocycles. The van der Waals surface area contributed by atoms with Crippen molar-refractivity contribution in [3.63, 3.8) is 0 Å². The van der Waals surface area contributed by atoms with Gasteiger partial charge in [-0.15, -0.1) is 0 Å². The predicted molar refractivity (Wildman–Crippen MR) is 90.0 cm³/mol. The summed E-state index contributed by atoms with van der Waals surface area (Å²) >= 11 is 0. The molecule has 0 spiro atoms. The molecular weight excluding hydrogens is 311 g/mol. The van der Waals surface area contributed by atoms with E-state index in [-0.39, 0.29) is 11.3 Å². The molecule has 0 aliphatic heterocycles. The first-order valence-corrected chi connectivity index (χ1v) is 7.63. The van der Waals surface area contributed by atoms with E-state index in [4.69, 9.17) is 4.74 Å². The number of halogens is 1. The fourth-order valence-electron chi connectivity index (χ4n) is 2.12. The average Bonchev–Trinajstić information content (AvgIpc) is 2.59. The number of hydrazone groups is 1. The van der Waals surface area contributed by atoms with Crippen molar-refractivity contribution in [2.75, 3.05) is 6.61 Å². The molecule has 2 aromatic rings. The summed E-state index contributed by atoms with van der Waals surface area (Å²) in [5.41, 5.74) is 3.47. The molecule has 0 saturated carbocycles. The molecule has 0 radical (unpaired) electrons. The smallest absolute Gasteiger partial charge is 0.271 e. The van der Waals surface area contributed by atoms with Gasteiger partial charge in [-0.05, 0) is 55.8 Å². The molecule has 6 heteroatoms. The number of hydrogen-bond donors (Lipinski definition) is 2. The molecule has 0 aliphatic carbocycles. The van der Waals surface area contributed by atoms with E-state index in [0.717, 1.165) is 6.07 Å². The zero-order chi connectivity index (χ0) is 17.5. The zero-order valence-electron chi connectivity index (χ0n) is 13.5. The summed E-state index contributed by atoms with van der Waals surface area (Å²) in [6.45, 7) is 4.22. The fourth-order valence-corrected chi connectivity index (χ4v) is 2.12. The van der Waals surface area contributed by atoms with E-state index in [1.54, 1.807) is 31.2 Å². The number of amides is 1. The lowest BCUT2D eigenvalue weighted by Gasteiger charge is -2.08. The Morgan fingerprint density at radius 2 is 1.92 bits per heavy atom. The van der Waals surface area contributed by atoms with E-state index in [1.807, 2.05) is 6.92 Å². The number of ether oxygens (including phenoxy) is 1. The summed E-state index contributed by atoms with van der Waals surface area (Å²) in [4.78, 5) is 12.1. The number of phenols is 1. The fraction of sp³-hybridized carbons (Fsp3) is 0.222.